The van der Waals surface area contributed by atoms with E-state index in [-0.39, 0.29) is 17.8 Å². The van der Waals surface area contributed by atoms with Gasteiger partial charge < -0.3 is 19.5 Å². The first-order valence-electron chi connectivity index (χ1n) is 8.69. The van der Waals surface area contributed by atoms with Gasteiger partial charge in [-0.15, -0.1) is 0 Å². The zero-order chi connectivity index (χ0) is 18.5. The number of ether oxygens (including phenoxy) is 3. The maximum atomic E-state index is 13.0. The van der Waals surface area contributed by atoms with E-state index in [2.05, 4.69) is 5.32 Å². The molecule has 2 aromatic rings. The molecule has 2 aromatic carbocycles. The zero-order valence-corrected chi connectivity index (χ0v) is 14.8. The van der Waals surface area contributed by atoms with E-state index in [1.165, 1.54) is 24.3 Å². The number of nitrogens with one attached hydrogen (secondary N) is 1. The van der Waals surface area contributed by atoms with Crippen LogP contribution in [0, 0.1) is 5.82 Å². The Morgan fingerprint density at radius 3 is 2.54 bits per heavy atom. The fourth-order valence-corrected chi connectivity index (χ4v) is 2.72. The van der Waals surface area contributed by atoms with Gasteiger partial charge in [0.25, 0.3) is 5.91 Å². The highest BCUT2D eigenvalue weighted by atomic mass is 19.1. The third-order valence-electron chi connectivity index (χ3n) is 4.18. The molecule has 0 aliphatic carbocycles. The van der Waals surface area contributed by atoms with Crippen molar-refractivity contribution >= 4 is 5.91 Å². The Bertz CT molecular complexity index is 763. The van der Waals surface area contributed by atoms with Crippen molar-refractivity contribution in [3.63, 3.8) is 0 Å². The molecule has 0 saturated carbocycles. The molecule has 0 aromatic heterocycles. The largest absolute Gasteiger partial charge is 0.486 e. The molecule has 5 nitrogen and oxygen atoms in total. The van der Waals surface area contributed by atoms with E-state index in [0.29, 0.717) is 36.9 Å². The van der Waals surface area contributed by atoms with Crippen LogP contribution in [0.3, 0.4) is 0 Å². The summed E-state index contributed by atoms with van der Waals surface area (Å²) >= 11 is 0. The average molecular weight is 359 g/mol. The van der Waals surface area contributed by atoms with E-state index in [1.807, 2.05) is 32.0 Å². The fourth-order valence-electron chi connectivity index (χ4n) is 2.72. The van der Waals surface area contributed by atoms with Crippen LogP contribution in [-0.2, 0) is 4.79 Å². The van der Waals surface area contributed by atoms with Gasteiger partial charge in [-0.3, -0.25) is 4.79 Å². The molecule has 0 fully saturated rings. The fraction of sp³-hybridized carbons (Fsp3) is 0.350. The number of hydrogen-bond donors (Lipinski definition) is 1. The van der Waals surface area contributed by atoms with Crippen LogP contribution in [0.5, 0.6) is 17.2 Å². The molecule has 0 spiro atoms. The van der Waals surface area contributed by atoms with Crippen molar-refractivity contribution < 1.29 is 23.4 Å². The molecule has 0 unspecified atom stereocenters. The number of halogens is 1. The molecule has 3 rings (SSSR count). The molecule has 0 saturated heterocycles. The van der Waals surface area contributed by atoms with Crippen LogP contribution >= 0.6 is 0 Å². The van der Waals surface area contributed by atoms with E-state index in [1.54, 1.807) is 0 Å². The molecular weight excluding hydrogens is 337 g/mol. The van der Waals surface area contributed by atoms with Crippen molar-refractivity contribution in [3.05, 3.63) is 53.8 Å². The lowest BCUT2D eigenvalue weighted by molar-refractivity contribution is -0.128. The first kappa shape index (κ1) is 18.0. The Labute approximate surface area is 152 Å². The smallest absolute Gasteiger partial charge is 0.261 e. The highest BCUT2D eigenvalue weighted by Crippen LogP contribution is 2.32. The Kier molecular flexibility index (Phi) is 5.61. The summed E-state index contributed by atoms with van der Waals surface area (Å²) < 4.78 is 29.8. The molecule has 0 bridgehead atoms. The Hall–Kier alpha value is -2.76. The van der Waals surface area contributed by atoms with Gasteiger partial charge >= 0.3 is 0 Å². The summed E-state index contributed by atoms with van der Waals surface area (Å²) in [6, 6.07) is 11.0. The monoisotopic (exact) mass is 359 g/mol. The lowest BCUT2D eigenvalue weighted by atomic mass is 10.1. The molecule has 1 amide bonds. The van der Waals surface area contributed by atoms with Gasteiger partial charge in [-0.1, -0.05) is 13.0 Å². The molecule has 2 atom stereocenters. The van der Waals surface area contributed by atoms with E-state index in [4.69, 9.17) is 14.2 Å². The van der Waals surface area contributed by atoms with Crippen molar-refractivity contribution in [2.45, 2.75) is 32.4 Å². The third-order valence-corrected chi connectivity index (χ3v) is 4.18. The molecule has 1 heterocycles. The van der Waals surface area contributed by atoms with Crippen molar-refractivity contribution in [1.82, 2.24) is 5.32 Å². The molecule has 26 heavy (non-hydrogen) atoms. The lowest BCUT2D eigenvalue weighted by Crippen LogP contribution is -2.39. The minimum Gasteiger partial charge on any atom is -0.486 e. The average Bonchev–Trinajstić information content (AvgIpc) is 2.67. The lowest BCUT2D eigenvalue weighted by Gasteiger charge is -2.23. The normalized spacial score (nSPS) is 15.0. The van der Waals surface area contributed by atoms with Crippen LogP contribution in [-0.4, -0.2) is 25.2 Å². The van der Waals surface area contributed by atoms with Crippen LogP contribution in [0.25, 0.3) is 0 Å². The summed E-state index contributed by atoms with van der Waals surface area (Å²) in [7, 11) is 0. The molecule has 1 N–H and O–H groups in total. The number of benzene rings is 2. The van der Waals surface area contributed by atoms with Gasteiger partial charge in [0.05, 0.1) is 6.04 Å². The molecule has 1 aliphatic rings. The number of hydrogen-bond acceptors (Lipinski definition) is 4. The van der Waals surface area contributed by atoms with Gasteiger partial charge in [-0.25, -0.2) is 4.39 Å². The molecule has 1 aliphatic heterocycles. The van der Waals surface area contributed by atoms with Crippen molar-refractivity contribution in [1.29, 1.82) is 0 Å². The predicted octanol–water partition coefficient (Wildman–Crippen LogP) is 3.63. The van der Waals surface area contributed by atoms with Crippen LogP contribution in [0.4, 0.5) is 4.39 Å². The SMILES string of the molecule is CC[C@@H](Oc1ccc(F)cc1)C(=O)N[C@H](C)c1ccc2c(c1)OCCO2. The maximum absolute atomic E-state index is 13.0. The van der Waals surface area contributed by atoms with Crippen molar-refractivity contribution in [3.8, 4) is 17.2 Å². The topological polar surface area (TPSA) is 56.8 Å². The van der Waals surface area contributed by atoms with Gasteiger partial charge in [-0.2, -0.15) is 0 Å². The number of carbonyl (C=O) groups excluding carboxylic acids is 1. The molecule has 0 radical (unpaired) electrons. The summed E-state index contributed by atoms with van der Waals surface area (Å²) in [5.41, 5.74) is 0.916. The molecule has 138 valence electrons. The second-order valence-corrected chi connectivity index (χ2v) is 6.10. The van der Waals surface area contributed by atoms with E-state index >= 15 is 0 Å². The number of carbonyl (C=O) groups is 1. The first-order chi connectivity index (χ1) is 12.6. The number of fused-ring (bicyclic) bond motifs is 1. The van der Waals surface area contributed by atoms with Crippen molar-refractivity contribution in [2.75, 3.05) is 13.2 Å². The summed E-state index contributed by atoms with van der Waals surface area (Å²) in [6.07, 6.45) is -0.156. The van der Waals surface area contributed by atoms with Gasteiger partial charge in [0, 0.05) is 0 Å². The Balaban J connectivity index is 1.64. The summed E-state index contributed by atoms with van der Waals surface area (Å²) in [5, 5.41) is 2.95. The quantitative estimate of drug-likeness (QED) is 0.856. The number of amides is 1. The second-order valence-electron chi connectivity index (χ2n) is 6.10. The standard InChI is InChI=1S/C20H22FNO4/c1-3-17(26-16-7-5-15(21)6-8-16)20(23)22-13(2)14-4-9-18-19(12-14)25-11-10-24-18/h4-9,12-13,17H,3,10-11H2,1-2H3,(H,22,23)/t13-,17-/m1/s1. The highest BCUT2D eigenvalue weighted by Gasteiger charge is 2.22. The predicted molar refractivity (Wildman–Crippen MR) is 95.1 cm³/mol. The Morgan fingerprint density at radius 1 is 1.15 bits per heavy atom. The minimum absolute atomic E-state index is 0.218. The maximum Gasteiger partial charge on any atom is 0.261 e. The van der Waals surface area contributed by atoms with Gasteiger partial charge in [0.1, 0.15) is 24.8 Å². The first-order valence-corrected chi connectivity index (χ1v) is 8.69. The summed E-state index contributed by atoms with van der Waals surface area (Å²) in [4.78, 5) is 12.6. The van der Waals surface area contributed by atoms with Crippen molar-refractivity contribution in [2.24, 2.45) is 0 Å². The van der Waals surface area contributed by atoms with E-state index in [0.717, 1.165) is 5.56 Å². The second kappa shape index (κ2) is 8.08. The van der Waals surface area contributed by atoms with E-state index < -0.39 is 6.10 Å². The van der Waals surface area contributed by atoms with Gasteiger partial charge in [0.15, 0.2) is 17.6 Å². The van der Waals surface area contributed by atoms with Crippen LogP contribution in [0.15, 0.2) is 42.5 Å². The highest BCUT2D eigenvalue weighted by molar-refractivity contribution is 5.81. The zero-order valence-electron chi connectivity index (χ0n) is 14.8. The summed E-state index contributed by atoms with van der Waals surface area (Å²) in [5.74, 6) is 1.29. The van der Waals surface area contributed by atoms with Gasteiger partial charge in [0.2, 0.25) is 0 Å². The molecular formula is C20H22FNO4. The van der Waals surface area contributed by atoms with Crippen LogP contribution < -0.4 is 19.5 Å². The summed E-state index contributed by atoms with van der Waals surface area (Å²) in [6.45, 7) is 4.81. The van der Waals surface area contributed by atoms with Crippen LogP contribution in [0.2, 0.25) is 0 Å². The van der Waals surface area contributed by atoms with Crippen LogP contribution in [0.1, 0.15) is 31.9 Å². The number of rotatable bonds is 6. The van der Waals surface area contributed by atoms with Gasteiger partial charge in [-0.05, 0) is 55.3 Å². The third kappa shape index (κ3) is 4.25. The minimum atomic E-state index is -0.653. The van der Waals surface area contributed by atoms with E-state index in [9.17, 15) is 9.18 Å². The Morgan fingerprint density at radius 2 is 1.85 bits per heavy atom. The molecule has 6 heteroatoms.